The molecule has 0 unspecified atom stereocenters. The van der Waals surface area contributed by atoms with Crippen molar-refractivity contribution >= 4 is 27.4 Å². The lowest BCUT2D eigenvalue weighted by molar-refractivity contribution is 0.383. The van der Waals surface area contributed by atoms with Crippen LogP contribution in [-0.4, -0.2) is 53.9 Å². The van der Waals surface area contributed by atoms with E-state index >= 15 is 0 Å². The van der Waals surface area contributed by atoms with Crippen molar-refractivity contribution in [3.63, 3.8) is 0 Å². The first kappa shape index (κ1) is 16.1. The van der Waals surface area contributed by atoms with Crippen LogP contribution in [0.15, 0.2) is 35.5 Å². The van der Waals surface area contributed by atoms with Crippen LogP contribution in [0.2, 0.25) is 5.15 Å². The van der Waals surface area contributed by atoms with Crippen molar-refractivity contribution in [2.24, 2.45) is 0 Å². The van der Waals surface area contributed by atoms with Gasteiger partial charge in [-0.2, -0.15) is 4.31 Å². The first-order chi connectivity index (χ1) is 11.0. The van der Waals surface area contributed by atoms with Gasteiger partial charge in [0.25, 0.3) is 0 Å². The number of hydrogen-bond donors (Lipinski definition) is 0. The number of aryl methyl sites for hydroxylation is 1. The number of halogens is 1. The normalized spacial score (nSPS) is 16.5. The Hall–Kier alpha value is -1.77. The van der Waals surface area contributed by atoms with E-state index in [2.05, 4.69) is 15.0 Å². The highest BCUT2D eigenvalue weighted by Crippen LogP contribution is 2.21. The molecular formula is C14H16ClN5O2S. The van der Waals surface area contributed by atoms with Gasteiger partial charge in [0.05, 0.1) is 0 Å². The average Bonchev–Trinajstić information content (AvgIpc) is 2.55. The molecule has 0 spiro atoms. The molecule has 1 fully saturated rings. The van der Waals surface area contributed by atoms with E-state index in [0.717, 1.165) is 5.82 Å². The van der Waals surface area contributed by atoms with Crippen molar-refractivity contribution in [1.82, 2.24) is 19.3 Å². The smallest absolute Gasteiger partial charge is 0.244 e. The quantitative estimate of drug-likeness (QED) is 0.775. The summed E-state index contributed by atoms with van der Waals surface area (Å²) in [5, 5.41) is 0.387. The summed E-state index contributed by atoms with van der Waals surface area (Å²) >= 11 is 5.96. The maximum absolute atomic E-state index is 12.6. The molecule has 3 rings (SSSR count). The van der Waals surface area contributed by atoms with Gasteiger partial charge in [0.15, 0.2) is 0 Å². The largest absolute Gasteiger partial charge is 0.354 e. The Kier molecular flexibility index (Phi) is 4.47. The van der Waals surface area contributed by atoms with Gasteiger partial charge in [0.2, 0.25) is 10.0 Å². The van der Waals surface area contributed by atoms with E-state index in [4.69, 9.17) is 11.6 Å². The molecule has 0 N–H and O–H groups in total. The third-order valence-electron chi connectivity index (χ3n) is 3.63. The number of sulfonamides is 1. The fourth-order valence-electron chi connectivity index (χ4n) is 2.48. The minimum atomic E-state index is -3.50. The summed E-state index contributed by atoms with van der Waals surface area (Å²) in [6.07, 6.45) is 2.92. The molecule has 122 valence electrons. The Balaban J connectivity index is 1.73. The maximum Gasteiger partial charge on any atom is 0.244 e. The molecular weight excluding hydrogens is 338 g/mol. The van der Waals surface area contributed by atoms with Crippen LogP contribution < -0.4 is 4.90 Å². The van der Waals surface area contributed by atoms with E-state index in [1.165, 1.54) is 10.5 Å². The van der Waals surface area contributed by atoms with E-state index in [-0.39, 0.29) is 4.90 Å². The Morgan fingerprint density at radius 1 is 1.17 bits per heavy atom. The summed E-state index contributed by atoms with van der Waals surface area (Å²) in [6, 6.07) is 4.87. The maximum atomic E-state index is 12.6. The molecule has 0 aliphatic carbocycles. The second kappa shape index (κ2) is 6.38. The number of piperazine rings is 1. The topological polar surface area (TPSA) is 79.3 Å². The zero-order valence-electron chi connectivity index (χ0n) is 12.6. The zero-order chi connectivity index (χ0) is 16.4. The summed E-state index contributed by atoms with van der Waals surface area (Å²) in [5.74, 6) is 1.32. The van der Waals surface area contributed by atoms with E-state index in [1.807, 2.05) is 4.90 Å². The van der Waals surface area contributed by atoms with Gasteiger partial charge in [-0.05, 0) is 19.1 Å². The number of pyridine rings is 1. The van der Waals surface area contributed by atoms with Gasteiger partial charge in [-0.3, -0.25) is 4.98 Å². The molecule has 2 aromatic heterocycles. The number of rotatable bonds is 3. The highest BCUT2D eigenvalue weighted by atomic mass is 35.5. The third kappa shape index (κ3) is 3.44. The summed E-state index contributed by atoms with van der Waals surface area (Å²) in [4.78, 5) is 14.5. The lowest BCUT2D eigenvalue weighted by atomic mass is 10.3. The van der Waals surface area contributed by atoms with Gasteiger partial charge in [-0.1, -0.05) is 11.6 Å². The van der Waals surface area contributed by atoms with Crippen molar-refractivity contribution in [2.75, 3.05) is 31.1 Å². The highest BCUT2D eigenvalue weighted by Gasteiger charge is 2.29. The van der Waals surface area contributed by atoms with Crippen molar-refractivity contribution in [1.29, 1.82) is 0 Å². The fourth-order valence-corrected chi connectivity index (χ4v) is 4.09. The molecule has 1 aliphatic rings. The minimum absolute atomic E-state index is 0.217. The number of nitrogens with zero attached hydrogens (tertiary/aromatic N) is 5. The van der Waals surface area contributed by atoms with Crippen LogP contribution in [0.1, 0.15) is 5.82 Å². The van der Waals surface area contributed by atoms with Crippen molar-refractivity contribution in [3.8, 4) is 0 Å². The van der Waals surface area contributed by atoms with Gasteiger partial charge >= 0.3 is 0 Å². The molecule has 0 radical (unpaired) electrons. The highest BCUT2D eigenvalue weighted by molar-refractivity contribution is 7.89. The van der Waals surface area contributed by atoms with Gasteiger partial charge in [0.1, 0.15) is 21.7 Å². The molecule has 3 heterocycles. The second-order valence-corrected chi connectivity index (χ2v) is 7.50. The summed E-state index contributed by atoms with van der Waals surface area (Å²) in [6.45, 7) is 3.65. The van der Waals surface area contributed by atoms with Crippen LogP contribution in [0.5, 0.6) is 0 Å². The predicted molar refractivity (Wildman–Crippen MR) is 87.0 cm³/mol. The van der Waals surface area contributed by atoms with Gasteiger partial charge in [-0.25, -0.2) is 18.4 Å². The number of aromatic nitrogens is 3. The SMILES string of the molecule is Cc1nc(Cl)cc(N2CCN(S(=O)(=O)c3cccnc3)CC2)n1. The fraction of sp³-hybridized carbons (Fsp3) is 0.357. The first-order valence-corrected chi connectivity index (χ1v) is 8.95. The molecule has 1 saturated heterocycles. The lowest BCUT2D eigenvalue weighted by Crippen LogP contribution is -2.49. The van der Waals surface area contributed by atoms with Gasteiger partial charge in [-0.15, -0.1) is 0 Å². The molecule has 0 aromatic carbocycles. The van der Waals surface area contributed by atoms with Crippen LogP contribution in [0, 0.1) is 6.92 Å². The molecule has 7 nitrogen and oxygen atoms in total. The monoisotopic (exact) mass is 353 g/mol. The molecule has 1 aliphatic heterocycles. The molecule has 0 amide bonds. The Morgan fingerprint density at radius 2 is 1.91 bits per heavy atom. The van der Waals surface area contributed by atoms with Crippen LogP contribution in [-0.2, 0) is 10.0 Å². The Labute approximate surface area is 140 Å². The van der Waals surface area contributed by atoms with E-state index in [0.29, 0.717) is 37.2 Å². The van der Waals surface area contributed by atoms with Crippen LogP contribution >= 0.6 is 11.6 Å². The number of anilines is 1. The predicted octanol–water partition coefficient (Wildman–Crippen LogP) is 1.34. The lowest BCUT2D eigenvalue weighted by Gasteiger charge is -2.34. The van der Waals surface area contributed by atoms with Crippen LogP contribution in [0.3, 0.4) is 0 Å². The Morgan fingerprint density at radius 3 is 2.52 bits per heavy atom. The van der Waals surface area contributed by atoms with Crippen molar-refractivity contribution in [2.45, 2.75) is 11.8 Å². The molecule has 0 bridgehead atoms. The second-order valence-electron chi connectivity index (χ2n) is 5.18. The summed E-state index contributed by atoms with van der Waals surface area (Å²) in [5.41, 5.74) is 0. The zero-order valence-corrected chi connectivity index (χ0v) is 14.1. The molecule has 9 heteroatoms. The van der Waals surface area contributed by atoms with Gasteiger partial charge in [0, 0.05) is 44.6 Å². The molecule has 2 aromatic rings. The third-order valence-corrected chi connectivity index (χ3v) is 5.70. The molecule has 0 saturated carbocycles. The van der Waals surface area contributed by atoms with Crippen LogP contribution in [0.25, 0.3) is 0 Å². The standard InChI is InChI=1S/C14H16ClN5O2S/c1-11-17-13(15)9-14(18-11)19-5-7-20(8-6-19)23(21,22)12-3-2-4-16-10-12/h2-4,9-10H,5-8H2,1H3. The Bertz CT molecular complexity index is 772. The van der Waals surface area contributed by atoms with Gasteiger partial charge < -0.3 is 4.90 Å². The summed E-state index contributed by atoms with van der Waals surface area (Å²) < 4.78 is 26.6. The van der Waals surface area contributed by atoms with Crippen molar-refractivity contribution < 1.29 is 8.42 Å². The van der Waals surface area contributed by atoms with E-state index in [1.54, 1.807) is 31.3 Å². The molecule has 0 atom stereocenters. The summed E-state index contributed by atoms with van der Waals surface area (Å²) in [7, 11) is -3.50. The first-order valence-electron chi connectivity index (χ1n) is 7.13. The average molecular weight is 354 g/mol. The molecule has 23 heavy (non-hydrogen) atoms. The van der Waals surface area contributed by atoms with Crippen LogP contribution in [0.4, 0.5) is 5.82 Å². The number of hydrogen-bond acceptors (Lipinski definition) is 6. The van der Waals surface area contributed by atoms with E-state index in [9.17, 15) is 8.42 Å². The van der Waals surface area contributed by atoms with E-state index < -0.39 is 10.0 Å². The van der Waals surface area contributed by atoms with Crippen molar-refractivity contribution in [3.05, 3.63) is 41.6 Å². The minimum Gasteiger partial charge on any atom is -0.354 e.